The lowest BCUT2D eigenvalue weighted by Gasteiger charge is -2.32. The van der Waals surface area contributed by atoms with Gasteiger partial charge < -0.3 is 10.4 Å². The van der Waals surface area contributed by atoms with E-state index in [1.807, 2.05) is 0 Å². The minimum Gasteiger partial charge on any atom is -0.396 e. The van der Waals surface area contributed by atoms with Gasteiger partial charge in [0, 0.05) is 24.4 Å². The molecule has 1 saturated carbocycles. The van der Waals surface area contributed by atoms with Gasteiger partial charge in [-0.15, -0.1) is 0 Å². The molecule has 0 aromatic rings. The molecule has 2 aliphatic rings. The van der Waals surface area contributed by atoms with E-state index in [1.165, 1.54) is 50.0 Å². The molecule has 1 heterocycles. The van der Waals surface area contributed by atoms with Crippen LogP contribution >= 0.6 is 11.8 Å². The molecule has 1 unspecified atom stereocenters. The van der Waals surface area contributed by atoms with Crippen molar-refractivity contribution >= 4 is 11.8 Å². The highest BCUT2D eigenvalue weighted by Crippen LogP contribution is 2.25. The maximum absolute atomic E-state index is 9.07. The van der Waals surface area contributed by atoms with Gasteiger partial charge in [-0.25, -0.2) is 0 Å². The summed E-state index contributed by atoms with van der Waals surface area (Å²) in [6.07, 6.45) is 7.72. The van der Waals surface area contributed by atoms with Gasteiger partial charge in [0.2, 0.25) is 0 Å². The van der Waals surface area contributed by atoms with Crippen molar-refractivity contribution in [3.8, 4) is 0 Å². The normalized spacial score (nSPS) is 37.8. The standard InChI is InChI=1S/C12H23NOS/c14-8-10-3-5-11(6-4-10)13-12-2-1-7-15-9-12/h10-14H,1-9H2. The van der Waals surface area contributed by atoms with Crippen LogP contribution in [0.2, 0.25) is 0 Å². The zero-order valence-corrected chi connectivity index (χ0v) is 10.3. The van der Waals surface area contributed by atoms with Crippen LogP contribution in [0.4, 0.5) is 0 Å². The van der Waals surface area contributed by atoms with E-state index in [1.54, 1.807) is 0 Å². The Bertz CT molecular complexity index is 174. The van der Waals surface area contributed by atoms with E-state index < -0.39 is 0 Å². The summed E-state index contributed by atoms with van der Waals surface area (Å²) in [6, 6.07) is 1.50. The molecule has 0 aromatic heterocycles. The molecule has 0 aromatic carbocycles. The highest BCUT2D eigenvalue weighted by atomic mass is 32.2. The molecule has 1 atom stereocenters. The van der Waals surface area contributed by atoms with Crippen molar-refractivity contribution in [3.63, 3.8) is 0 Å². The second kappa shape index (κ2) is 6.12. The zero-order valence-electron chi connectivity index (χ0n) is 9.45. The quantitative estimate of drug-likeness (QED) is 0.776. The average molecular weight is 229 g/mol. The van der Waals surface area contributed by atoms with Crippen molar-refractivity contribution in [1.29, 1.82) is 0 Å². The molecule has 0 radical (unpaired) electrons. The minimum atomic E-state index is 0.395. The number of hydrogen-bond donors (Lipinski definition) is 2. The van der Waals surface area contributed by atoms with E-state index in [2.05, 4.69) is 17.1 Å². The van der Waals surface area contributed by atoms with Crippen molar-refractivity contribution < 1.29 is 5.11 Å². The minimum absolute atomic E-state index is 0.395. The highest BCUT2D eigenvalue weighted by molar-refractivity contribution is 7.99. The summed E-state index contributed by atoms with van der Waals surface area (Å²) < 4.78 is 0. The van der Waals surface area contributed by atoms with Crippen LogP contribution in [-0.2, 0) is 0 Å². The first-order valence-corrected chi connectivity index (χ1v) is 7.48. The fraction of sp³-hybridized carbons (Fsp3) is 1.00. The summed E-state index contributed by atoms with van der Waals surface area (Å²) in [5, 5.41) is 12.9. The van der Waals surface area contributed by atoms with Gasteiger partial charge in [-0.05, 0) is 50.2 Å². The van der Waals surface area contributed by atoms with Crippen LogP contribution in [0.25, 0.3) is 0 Å². The first-order chi connectivity index (χ1) is 7.38. The summed E-state index contributed by atoms with van der Waals surface area (Å²) in [5.74, 6) is 3.25. The van der Waals surface area contributed by atoms with E-state index in [9.17, 15) is 0 Å². The monoisotopic (exact) mass is 229 g/mol. The Labute approximate surface area is 97.2 Å². The summed E-state index contributed by atoms with van der Waals surface area (Å²) >= 11 is 2.09. The van der Waals surface area contributed by atoms with Crippen molar-refractivity contribution in [2.45, 2.75) is 50.6 Å². The lowest BCUT2D eigenvalue weighted by atomic mass is 9.86. The van der Waals surface area contributed by atoms with Crippen LogP contribution in [0.3, 0.4) is 0 Å². The molecule has 2 N–H and O–H groups in total. The van der Waals surface area contributed by atoms with Crippen LogP contribution in [-0.4, -0.2) is 35.3 Å². The summed E-state index contributed by atoms with van der Waals surface area (Å²) in [4.78, 5) is 0. The fourth-order valence-electron chi connectivity index (χ4n) is 2.72. The smallest absolute Gasteiger partial charge is 0.0459 e. The van der Waals surface area contributed by atoms with Gasteiger partial charge in [-0.3, -0.25) is 0 Å². The maximum atomic E-state index is 9.07. The Kier molecular flexibility index (Phi) is 4.79. The second-order valence-corrected chi connectivity index (χ2v) is 6.13. The first kappa shape index (κ1) is 11.7. The lowest BCUT2D eigenvalue weighted by molar-refractivity contribution is 0.172. The molecular weight excluding hydrogens is 206 g/mol. The highest BCUT2D eigenvalue weighted by Gasteiger charge is 2.23. The SMILES string of the molecule is OCC1CCC(NC2CCCSC2)CC1. The van der Waals surface area contributed by atoms with Crippen LogP contribution in [0, 0.1) is 5.92 Å². The number of thioether (sulfide) groups is 1. The average Bonchev–Trinajstić information content (AvgIpc) is 2.31. The largest absolute Gasteiger partial charge is 0.396 e. The number of aliphatic hydroxyl groups is 1. The van der Waals surface area contributed by atoms with Crippen molar-refractivity contribution in [3.05, 3.63) is 0 Å². The Balaban J connectivity index is 1.67. The summed E-state index contributed by atoms with van der Waals surface area (Å²) in [5.41, 5.74) is 0. The molecule has 3 heteroatoms. The third-order valence-corrected chi connectivity index (χ3v) is 4.95. The molecule has 0 spiro atoms. The van der Waals surface area contributed by atoms with Crippen LogP contribution in [0.15, 0.2) is 0 Å². The van der Waals surface area contributed by atoms with E-state index in [0.717, 1.165) is 12.1 Å². The number of rotatable bonds is 3. The Hall–Kier alpha value is 0.270. The van der Waals surface area contributed by atoms with E-state index >= 15 is 0 Å². The topological polar surface area (TPSA) is 32.3 Å². The summed E-state index contributed by atoms with van der Waals surface area (Å²) in [7, 11) is 0. The van der Waals surface area contributed by atoms with Gasteiger partial charge >= 0.3 is 0 Å². The van der Waals surface area contributed by atoms with Crippen LogP contribution in [0.5, 0.6) is 0 Å². The van der Waals surface area contributed by atoms with Gasteiger partial charge in [0.25, 0.3) is 0 Å². The van der Waals surface area contributed by atoms with E-state index in [-0.39, 0.29) is 0 Å². The second-order valence-electron chi connectivity index (χ2n) is 4.98. The number of hydrogen-bond acceptors (Lipinski definition) is 3. The van der Waals surface area contributed by atoms with Gasteiger partial charge in [0.15, 0.2) is 0 Å². The third-order valence-electron chi connectivity index (χ3n) is 3.74. The van der Waals surface area contributed by atoms with Gasteiger partial charge in [-0.2, -0.15) is 11.8 Å². The molecule has 2 fully saturated rings. The van der Waals surface area contributed by atoms with Crippen molar-refractivity contribution in [1.82, 2.24) is 5.32 Å². The van der Waals surface area contributed by atoms with E-state index in [4.69, 9.17) is 5.11 Å². The van der Waals surface area contributed by atoms with Crippen molar-refractivity contribution in [2.75, 3.05) is 18.1 Å². The molecule has 2 nitrogen and oxygen atoms in total. The predicted molar refractivity (Wildman–Crippen MR) is 66.3 cm³/mol. The molecule has 15 heavy (non-hydrogen) atoms. The Morgan fingerprint density at radius 2 is 1.87 bits per heavy atom. The fourth-order valence-corrected chi connectivity index (χ4v) is 3.80. The maximum Gasteiger partial charge on any atom is 0.0459 e. The van der Waals surface area contributed by atoms with Crippen LogP contribution < -0.4 is 5.32 Å². The lowest BCUT2D eigenvalue weighted by Crippen LogP contribution is -2.43. The molecule has 2 rings (SSSR count). The summed E-state index contributed by atoms with van der Waals surface area (Å²) in [6.45, 7) is 0.395. The molecule has 1 saturated heterocycles. The molecule has 0 bridgehead atoms. The molecule has 0 amide bonds. The van der Waals surface area contributed by atoms with Crippen molar-refractivity contribution in [2.24, 2.45) is 5.92 Å². The number of nitrogens with one attached hydrogen (secondary N) is 1. The molecule has 88 valence electrons. The van der Waals surface area contributed by atoms with Gasteiger partial charge in [0.1, 0.15) is 0 Å². The Morgan fingerprint density at radius 1 is 1.07 bits per heavy atom. The number of aliphatic hydroxyl groups excluding tert-OH is 1. The third kappa shape index (κ3) is 3.65. The van der Waals surface area contributed by atoms with E-state index in [0.29, 0.717) is 12.5 Å². The Morgan fingerprint density at radius 3 is 2.47 bits per heavy atom. The molecule has 1 aliphatic heterocycles. The van der Waals surface area contributed by atoms with Gasteiger partial charge in [0.05, 0.1) is 0 Å². The first-order valence-electron chi connectivity index (χ1n) is 6.33. The zero-order chi connectivity index (χ0) is 10.5. The van der Waals surface area contributed by atoms with Gasteiger partial charge in [-0.1, -0.05) is 0 Å². The molecular formula is C12H23NOS. The van der Waals surface area contributed by atoms with Crippen LogP contribution in [0.1, 0.15) is 38.5 Å². The molecule has 1 aliphatic carbocycles. The predicted octanol–water partition coefficient (Wildman–Crippen LogP) is 2.02.